The summed E-state index contributed by atoms with van der Waals surface area (Å²) in [5.41, 5.74) is 7.13. The predicted octanol–water partition coefficient (Wildman–Crippen LogP) is 0.651. The molecule has 1 aliphatic rings. The fourth-order valence-corrected chi connectivity index (χ4v) is 2.26. The molecule has 0 radical (unpaired) electrons. The number of aliphatic hydroxyl groups is 1. The quantitative estimate of drug-likeness (QED) is 0.838. The number of nitrogens with two attached hydrogens (primary N) is 1. The highest BCUT2D eigenvalue weighted by Crippen LogP contribution is 2.23. The van der Waals surface area contributed by atoms with Crippen LogP contribution in [0.3, 0.4) is 0 Å². The fourth-order valence-electron chi connectivity index (χ4n) is 2.26. The summed E-state index contributed by atoms with van der Waals surface area (Å²) in [5, 5.41) is 9.84. The molecule has 5 atom stereocenters. The summed E-state index contributed by atoms with van der Waals surface area (Å²) in [4.78, 5) is 0. The SMILES string of the molecule is CO[C@H]1[C@@H](OCc2ccccc2)[C@H](N)[C@@H](C)O[C@@H]1O. The number of methoxy groups -OCH3 is 1. The van der Waals surface area contributed by atoms with Gasteiger partial charge in [0.05, 0.1) is 18.8 Å². The van der Waals surface area contributed by atoms with Crippen LogP contribution in [0.25, 0.3) is 0 Å². The van der Waals surface area contributed by atoms with Gasteiger partial charge in [-0.2, -0.15) is 0 Å². The molecule has 19 heavy (non-hydrogen) atoms. The first-order chi connectivity index (χ1) is 9.13. The van der Waals surface area contributed by atoms with E-state index in [1.54, 1.807) is 0 Å². The normalized spacial score (nSPS) is 35.3. The van der Waals surface area contributed by atoms with Crippen molar-refractivity contribution in [2.75, 3.05) is 7.11 Å². The molecule has 0 bridgehead atoms. The van der Waals surface area contributed by atoms with Crippen molar-refractivity contribution in [3.63, 3.8) is 0 Å². The maximum absolute atomic E-state index is 9.84. The van der Waals surface area contributed by atoms with Gasteiger partial charge in [0.15, 0.2) is 6.29 Å². The van der Waals surface area contributed by atoms with Crippen molar-refractivity contribution < 1.29 is 19.3 Å². The van der Waals surface area contributed by atoms with Crippen LogP contribution < -0.4 is 5.73 Å². The largest absolute Gasteiger partial charge is 0.373 e. The lowest BCUT2D eigenvalue weighted by molar-refractivity contribution is -0.266. The van der Waals surface area contributed by atoms with Crippen LogP contribution in [-0.2, 0) is 20.8 Å². The molecule has 0 aromatic heterocycles. The van der Waals surface area contributed by atoms with Gasteiger partial charge in [0.25, 0.3) is 0 Å². The lowest BCUT2D eigenvalue weighted by Gasteiger charge is -2.41. The zero-order valence-electron chi connectivity index (χ0n) is 11.2. The average Bonchev–Trinajstić information content (AvgIpc) is 2.42. The molecule has 1 saturated heterocycles. The smallest absolute Gasteiger partial charge is 0.184 e. The molecule has 1 aromatic carbocycles. The third kappa shape index (κ3) is 3.32. The summed E-state index contributed by atoms with van der Waals surface area (Å²) in [6.07, 6.45) is -2.26. The van der Waals surface area contributed by atoms with Gasteiger partial charge in [-0.3, -0.25) is 0 Å². The minimum absolute atomic E-state index is 0.276. The Morgan fingerprint density at radius 1 is 1.26 bits per heavy atom. The number of benzene rings is 1. The zero-order valence-corrected chi connectivity index (χ0v) is 11.2. The van der Waals surface area contributed by atoms with E-state index in [4.69, 9.17) is 19.9 Å². The Morgan fingerprint density at radius 3 is 2.58 bits per heavy atom. The van der Waals surface area contributed by atoms with Crippen molar-refractivity contribution in [1.29, 1.82) is 0 Å². The van der Waals surface area contributed by atoms with E-state index in [9.17, 15) is 5.11 Å². The summed E-state index contributed by atoms with van der Waals surface area (Å²) in [5.74, 6) is 0. The standard InChI is InChI=1S/C14H21NO4/c1-9-11(15)12(13(17-2)14(16)19-9)18-8-10-6-4-3-5-7-10/h3-7,9,11-14,16H,8,15H2,1-2H3/t9-,11-,12+,13+,14+/m1/s1. The summed E-state index contributed by atoms with van der Waals surface area (Å²) in [6, 6.07) is 9.48. The Bertz CT molecular complexity index is 386. The molecule has 0 saturated carbocycles. The molecule has 106 valence electrons. The monoisotopic (exact) mass is 267 g/mol. The second-order valence-corrected chi connectivity index (χ2v) is 4.77. The highest BCUT2D eigenvalue weighted by molar-refractivity contribution is 5.13. The Balaban J connectivity index is 2.02. The van der Waals surface area contributed by atoms with Crippen LogP contribution >= 0.6 is 0 Å². The van der Waals surface area contributed by atoms with E-state index in [1.165, 1.54) is 7.11 Å². The van der Waals surface area contributed by atoms with Gasteiger partial charge in [-0.15, -0.1) is 0 Å². The maximum atomic E-state index is 9.84. The van der Waals surface area contributed by atoms with Crippen LogP contribution in [0, 0.1) is 0 Å². The molecular weight excluding hydrogens is 246 g/mol. The minimum Gasteiger partial charge on any atom is -0.373 e. The van der Waals surface area contributed by atoms with E-state index >= 15 is 0 Å². The first-order valence-electron chi connectivity index (χ1n) is 6.41. The molecule has 0 aliphatic carbocycles. The van der Waals surface area contributed by atoms with E-state index in [0.29, 0.717) is 6.61 Å². The Labute approximate surface area is 113 Å². The number of hydrogen-bond donors (Lipinski definition) is 2. The molecule has 5 nitrogen and oxygen atoms in total. The van der Waals surface area contributed by atoms with Crippen molar-refractivity contribution in [2.45, 2.75) is 44.2 Å². The third-order valence-corrected chi connectivity index (χ3v) is 3.44. The van der Waals surface area contributed by atoms with Gasteiger partial charge >= 0.3 is 0 Å². The molecule has 1 fully saturated rings. The molecule has 1 aromatic rings. The van der Waals surface area contributed by atoms with Crippen LogP contribution in [0.2, 0.25) is 0 Å². The molecule has 0 unspecified atom stereocenters. The first kappa shape index (κ1) is 14.4. The topological polar surface area (TPSA) is 73.9 Å². The van der Waals surface area contributed by atoms with E-state index in [-0.39, 0.29) is 12.1 Å². The molecule has 0 spiro atoms. The molecule has 2 rings (SSSR count). The molecule has 1 aliphatic heterocycles. The van der Waals surface area contributed by atoms with Gasteiger partial charge in [0, 0.05) is 7.11 Å². The lowest BCUT2D eigenvalue weighted by Crippen LogP contribution is -2.61. The van der Waals surface area contributed by atoms with E-state index < -0.39 is 18.5 Å². The van der Waals surface area contributed by atoms with E-state index in [0.717, 1.165) is 5.56 Å². The zero-order chi connectivity index (χ0) is 13.8. The van der Waals surface area contributed by atoms with Crippen LogP contribution in [-0.4, -0.2) is 42.9 Å². The van der Waals surface area contributed by atoms with Crippen molar-refractivity contribution in [3.05, 3.63) is 35.9 Å². The number of aliphatic hydroxyl groups excluding tert-OH is 1. The third-order valence-electron chi connectivity index (χ3n) is 3.44. The maximum Gasteiger partial charge on any atom is 0.184 e. The first-order valence-corrected chi connectivity index (χ1v) is 6.41. The van der Waals surface area contributed by atoms with Crippen LogP contribution in [0.5, 0.6) is 0 Å². The van der Waals surface area contributed by atoms with Crippen molar-refractivity contribution >= 4 is 0 Å². The summed E-state index contributed by atoms with van der Waals surface area (Å²) < 4.78 is 16.4. The summed E-state index contributed by atoms with van der Waals surface area (Å²) in [7, 11) is 1.51. The van der Waals surface area contributed by atoms with Crippen molar-refractivity contribution in [1.82, 2.24) is 0 Å². The number of rotatable bonds is 4. The summed E-state index contributed by atoms with van der Waals surface area (Å²) in [6.45, 7) is 2.25. The molecule has 3 N–H and O–H groups in total. The van der Waals surface area contributed by atoms with Gasteiger partial charge in [-0.25, -0.2) is 0 Å². The van der Waals surface area contributed by atoms with Crippen LogP contribution in [0.1, 0.15) is 12.5 Å². The van der Waals surface area contributed by atoms with Gasteiger partial charge < -0.3 is 25.1 Å². The molecule has 1 heterocycles. The van der Waals surface area contributed by atoms with Gasteiger partial charge in [-0.05, 0) is 12.5 Å². The van der Waals surface area contributed by atoms with Crippen molar-refractivity contribution in [3.8, 4) is 0 Å². The predicted molar refractivity (Wildman–Crippen MR) is 70.3 cm³/mol. The van der Waals surface area contributed by atoms with E-state index in [1.807, 2.05) is 37.3 Å². The Kier molecular flexibility index (Phi) is 4.90. The second kappa shape index (κ2) is 6.45. The Morgan fingerprint density at radius 2 is 1.95 bits per heavy atom. The summed E-state index contributed by atoms with van der Waals surface area (Å²) >= 11 is 0. The number of ether oxygens (including phenoxy) is 3. The molecule has 0 amide bonds. The highest BCUT2D eigenvalue weighted by atomic mass is 16.7. The van der Waals surface area contributed by atoms with Crippen LogP contribution in [0.4, 0.5) is 0 Å². The van der Waals surface area contributed by atoms with Gasteiger partial charge in [0.2, 0.25) is 0 Å². The highest BCUT2D eigenvalue weighted by Gasteiger charge is 2.43. The van der Waals surface area contributed by atoms with Gasteiger partial charge in [0.1, 0.15) is 12.2 Å². The lowest BCUT2D eigenvalue weighted by atomic mass is 9.97. The minimum atomic E-state index is -1.01. The van der Waals surface area contributed by atoms with Gasteiger partial charge in [-0.1, -0.05) is 30.3 Å². The Hall–Kier alpha value is -0.980. The average molecular weight is 267 g/mol. The van der Waals surface area contributed by atoms with Crippen molar-refractivity contribution in [2.24, 2.45) is 5.73 Å². The van der Waals surface area contributed by atoms with Crippen LogP contribution in [0.15, 0.2) is 30.3 Å². The van der Waals surface area contributed by atoms with E-state index in [2.05, 4.69) is 0 Å². The second-order valence-electron chi connectivity index (χ2n) is 4.77. The number of hydrogen-bond acceptors (Lipinski definition) is 5. The molecular formula is C14H21NO4. The fraction of sp³-hybridized carbons (Fsp3) is 0.571. The molecule has 5 heteroatoms.